The lowest BCUT2D eigenvalue weighted by atomic mass is 10.2. The summed E-state index contributed by atoms with van der Waals surface area (Å²) < 4.78 is 27.7. The fourth-order valence-corrected chi connectivity index (χ4v) is 4.05. The van der Waals surface area contributed by atoms with Gasteiger partial charge in [0.2, 0.25) is 0 Å². The maximum atomic E-state index is 12.6. The number of hydrogen-bond donors (Lipinski definition) is 3. The van der Waals surface area contributed by atoms with E-state index in [1.807, 2.05) is 0 Å². The summed E-state index contributed by atoms with van der Waals surface area (Å²) in [5.41, 5.74) is 0.228. The predicted octanol–water partition coefficient (Wildman–Crippen LogP) is 5.41. The zero-order valence-corrected chi connectivity index (χ0v) is 17.6. The summed E-state index contributed by atoms with van der Waals surface area (Å²) in [5.74, 6) is -0.983. The molecule has 29 heavy (non-hydrogen) atoms. The van der Waals surface area contributed by atoms with Gasteiger partial charge in [-0.1, -0.05) is 40.9 Å². The molecular weight excluding hydrogens is 459 g/mol. The van der Waals surface area contributed by atoms with Gasteiger partial charge < -0.3 is 10.4 Å². The van der Waals surface area contributed by atoms with Gasteiger partial charge in [0.25, 0.3) is 15.9 Å². The van der Waals surface area contributed by atoms with Crippen LogP contribution in [0.4, 0.5) is 11.4 Å². The molecule has 0 bridgehead atoms. The standard InChI is InChI=1S/C19H13Cl3N2O4S/c20-11-2-1-3-13(8-11)24-29(27,28)14-5-7-18(25)17(10-14)23-19(26)15-9-12(21)4-6-16(15)22/h1-10,24-25H,(H,23,26). The quantitative estimate of drug-likeness (QED) is 0.434. The Morgan fingerprint density at radius 2 is 1.62 bits per heavy atom. The van der Waals surface area contributed by atoms with Crippen LogP contribution in [0.15, 0.2) is 65.6 Å². The van der Waals surface area contributed by atoms with Crippen molar-refractivity contribution in [3.8, 4) is 5.75 Å². The zero-order chi connectivity index (χ0) is 21.2. The molecule has 10 heteroatoms. The Bertz CT molecular complexity index is 1200. The summed E-state index contributed by atoms with van der Waals surface area (Å²) in [7, 11) is -4.00. The van der Waals surface area contributed by atoms with Gasteiger partial charge in [0.05, 0.1) is 26.9 Å². The summed E-state index contributed by atoms with van der Waals surface area (Å²) in [5, 5.41) is 13.3. The molecule has 3 rings (SSSR count). The SMILES string of the molecule is O=C(Nc1cc(S(=O)(=O)Nc2cccc(Cl)c2)ccc1O)c1cc(Cl)ccc1Cl. The van der Waals surface area contributed by atoms with Crippen molar-refractivity contribution >= 4 is 62.1 Å². The third-order valence-corrected chi connectivity index (χ3v) is 5.96. The van der Waals surface area contributed by atoms with Crippen LogP contribution >= 0.6 is 34.8 Å². The topological polar surface area (TPSA) is 95.5 Å². The third kappa shape index (κ3) is 5.13. The van der Waals surface area contributed by atoms with E-state index in [0.717, 1.165) is 12.1 Å². The summed E-state index contributed by atoms with van der Waals surface area (Å²) >= 11 is 17.8. The molecule has 0 heterocycles. The highest BCUT2D eigenvalue weighted by Gasteiger charge is 2.19. The van der Waals surface area contributed by atoms with Crippen LogP contribution in [0.5, 0.6) is 5.75 Å². The first-order valence-corrected chi connectivity index (χ1v) is 10.7. The number of hydrogen-bond acceptors (Lipinski definition) is 4. The van der Waals surface area contributed by atoms with E-state index in [1.54, 1.807) is 12.1 Å². The predicted molar refractivity (Wildman–Crippen MR) is 115 cm³/mol. The molecule has 3 aromatic carbocycles. The number of aromatic hydroxyl groups is 1. The minimum Gasteiger partial charge on any atom is -0.506 e. The number of sulfonamides is 1. The molecule has 3 aromatic rings. The van der Waals surface area contributed by atoms with Crippen LogP contribution < -0.4 is 10.0 Å². The van der Waals surface area contributed by atoms with Gasteiger partial charge in [-0.2, -0.15) is 0 Å². The molecule has 0 aliphatic heterocycles. The van der Waals surface area contributed by atoms with Crippen molar-refractivity contribution in [2.24, 2.45) is 0 Å². The highest BCUT2D eigenvalue weighted by atomic mass is 35.5. The number of phenols is 1. The maximum Gasteiger partial charge on any atom is 0.261 e. The van der Waals surface area contributed by atoms with E-state index >= 15 is 0 Å². The van der Waals surface area contributed by atoms with Gasteiger partial charge in [-0.3, -0.25) is 9.52 Å². The highest BCUT2D eigenvalue weighted by Crippen LogP contribution is 2.29. The molecule has 0 aliphatic carbocycles. The first-order chi connectivity index (χ1) is 13.7. The molecule has 0 fully saturated rings. The van der Waals surface area contributed by atoms with Gasteiger partial charge >= 0.3 is 0 Å². The van der Waals surface area contributed by atoms with E-state index in [4.69, 9.17) is 34.8 Å². The smallest absolute Gasteiger partial charge is 0.261 e. The second kappa shape index (κ2) is 8.51. The van der Waals surface area contributed by atoms with Crippen LogP contribution in [0.25, 0.3) is 0 Å². The van der Waals surface area contributed by atoms with Crippen molar-refractivity contribution < 1.29 is 18.3 Å². The van der Waals surface area contributed by atoms with Crippen molar-refractivity contribution in [1.82, 2.24) is 0 Å². The van der Waals surface area contributed by atoms with Crippen molar-refractivity contribution in [3.63, 3.8) is 0 Å². The van der Waals surface area contributed by atoms with Crippen molar-refractivity contribution in [3.05, 3.63) is 81.3 Å². The molecule has 0 aromatic heterocycles. The summed E-state index contributed by atoms with van der Waals surface area (Å²) in [4.78, 5) is 12.3. The van der Waals surface area contributed by atoms with Gasteiger partial charge in [0.1, 0.15) is 5.75 Å². The second-order valence-electron chi connectivity index (χ2n) is 5.87. The van der Waals surface area contributed by atoms with E-state index in [9.17, 15) is 18.3 Å². The van der Waals surface area contributed by atoms with Crippen LogP contribution in [-0.2, 0) is 10.0 Å². The van der Waals surface area contributed by atoms with Gasteiger partial charge in [-0.15, -0.1) is 0 Å². The lowest BCUT2D eigenvalue weighted by molar-refractivity contribution is 0.102. The number of phenolic OH excluding ortho intramolecular Hbond substituents is 1. The fourth-order valence-electron chi connectivity index (χ4n) is 2.41. The summed E-state index contributed by atoms with van der Waals surface area (Å²) in [6, 6.07) is 14.0. The minimum absolute atomic E-state index is 0.0730. The number of anilines is 2. The molecule has 0 saturated heterocycles. The number of benzene rings is 3. The number of halogens is 3. The van der Waals surface area contributed by atoms with Crippen LogP contribution in [-0.4, -0.2) is 19.4 Å². The zero-order valence-electron chi connectivity index (χ0n) is 14.5. The Kier molecular flexibility index (Phi) is 6.24. The van der Waals surface area contributed by atoms with Gasteiger partial charge in [-0.25, -0.2) is 8.42 Å². The molecule has 150 valence electrons. The van der Waals surface area contributed by atoms with Crippen LogP contribution in [0.3, 0.4) is 0 Å². The first kappa shape index (κ1) is 21.3. The molecule has 0 radical (unpaired) electrons. The Morgan fingerprint density at radius 3 is 2.34 bits per heavy atom. The van der Waals surface area contributed by atoms with Crippen molar-refractivity contribution in [2.45, 2.75) is 4.90 Å². The molecule has 0 saturated carbocycles. The second-order valence-corrected chi connectivity index (χ2v) is 8.84. The van der Waals surface area contributed by atoms with E-state index in [-0.39, 0.29) is 32.6 Å². The van der Waals surface area contributed by atoms with E-state index in [1.165, 1.54) is 36.4 Å². The third-order valence-electron chi connectivity index (χ3n) is 3.78. The molecule has 0 atom stereocenters. The van der Waals surface area contributed by atoms with Gasteiger partial charge in [0, 0.05) is 10.0 Å². The molecule has 1 amide bonds. The number of nitrogens with one attached hydrogen (secondary N) is 2. The van der Waals surface area contributed by atoms with E-state index < -0.39 is 15.9 Å². The Labute approximate surface area is 182 Å². The molecule has 0 aliphatic rings. The summed E-state index contributed by atoms with van der Waals surface area (Å²) in [6.07, 6.45) is 0. The van der Waals surface area contributed by atoms with Crippen LogP contribution in [0.2, 0.25) is 15.1 Å². The summed E-state index contributed by atoms with van der Waals surface area (Å²) in [6.45, 7) is 0. The molecule has 3 N–H and O–H groups in total. The number of carbonyl (C=O) groups is 1. The van der Waals surface area contributed by atoms with E-state index in [0.29, 0.717) is 10.0 Å². The lowest BCUT2D eigenvalue weighted by Gasteiger charge is -2.12. The average Bonchev–Trinajstić information content (AvgIpc) is 2.65. The Balaban J connectivity index is 1.89. The van der Waals surface area contributed by atoms with Crippen molar-refractivity contribution in [2.75, 3.05) is 10.0 Å². The molecular formula is C19H13Cl3N2O4S. The fraction of sp³-hybridized carbons (Fsp3) is 0. The number of rotatable bonds is 5. The largest absolute Gasteiger partial charge is 0.506 e. The van der Waals surface area contributed by atoms with Crippen LogP contribution in [0, 0.1) is 0 Å². The number of amides is 1. The highest BCUT2D eigenvalue weighted by molar-refractivity contribution is 7.92. The lowest BCUT2D eigenvalue weighted by Crippen LogP contribution is -2.15. The van der Waals surface area contributed by atoms with Gasteiger partial charge in [-0.05, 0) is 54.6 Å². The monoisotopic (exact) mass is 470 g/mol. The number of carbonyl (C=O) groups excluding carboxylic acids is 1. The molecule has 6 nitrogen and oxygen atoms in total. The van der Waals surface area contributed by atoms with Crippen LogP contribution in [0.1, 0.15) is 10.4 Å². The Hall–Kier alpha value is -2.45. The first-order valence-electron chi connectivity index (χ1n) is 8.03. The average molecular weight is 472 g/mol. The minimum atomic E-state index is -4.00. The maximum absolute atomic E-state index is 12.6. The normalized spacial score (nSPS) is 11.1. The Morgan fingerprint density at radius 1 is 0.897 bits per heavy atom. The van der Waals surface area contributed by atoms with E-state index in [2.05, 4.69) is 10.0 Å². The van der Waals surface area contributed by atoms with Gasteiger partial charge in [0.15, 0.2) is 0 Å². The molecule has 0 unspecified atom stereocenters. The molecule has 0 spiro atoms. The van der Waals surface area contributed by atoms with Crippen molar-refractivity contribution in [1.29, 1.82) is 0 Å².